The lowest BCUT2D eigenvalue weighted by Crippen LogP contribution is -1.99. The van der Waals surface area contributed by atoms with E-state index >= 15 is 0 Å². The smallest absolute Gasteiger partial charge is 0.123 e. The van der Waals surface area contributed by atoms with E-state index in [0.717, 1.165) is 10.2 Å². The molecule has 0 spiro atoms. The minimum atomic E-state index is 0.475. The number of halogens is 1. The van der Waals surface area contributed by atoms with Crippen LogP contribution in [0.4, 0.5) is 0 Å². The van der Waals surface area contributed by atoms with Crippen molar-refractivity contribution < 1.29 is 4.74 Å². The molecule has 82 valence electrons. The highest BCUT2D eigenvalue weighted by Gasteiger charge is 2.07. The van der Waals surface area contributed by atoms with Crippen LogP contribution in [0.25, 0.3) is 0 Å². The number of rotatable bonds is 4. The van der Waals surface area contributed by atoms with Gasteiger partial charge in [-0.25, -0.2) is 0 Å². The summed E-state index contributed by atoms with van der Waals surface area (Å²) in [6.45, 7) is 6.97. The van der Waals surface area contributed by atoms with Crippen molar-refractivity contribution >= 4 is 15.9 Å². The molecule has 1 rings (SSSR count). The Morgan fingerprint density at radius 3 is 2.73 bits per heavy atom. The Balaban J connectivity index is 2.85. The highest BCUT2D eigenvalue weighted by Crippen LogP contribution is 2.29. The van der Waals surface area contributed by atoms with Crippen LogP contribution < -0.4 is 4.74 Å². The molecule has 0 N–H and O–H groups in total. The van der Waals surface area contributed by atoms with Gasteiger partial charge >= 0.3 is 0 Å². The maximum atomic E-state index is 5.69. The van der Waals surface area contributed by atoms with Gasteiger partial charge in [-0.3, -0.25) is 0 Å². The van der Waals surface area contributed by atoms with Crippen molar-refractivity contribution in [1.82, 2.24) is 0 Å². The zero-order valence-corrected chi connectivity index (χ0v) is 11.0. The largest absolute Gasteiger partial charge is 0.489 e. The molecule has 2 heteroatoms. The van der Waals surface area contributed by atoms with E-state index in [0.29, 0.717) is 12.5 Å². The number of ether oxygens (including phenoxy) is 1. The first-order valence-corrected chi connectivity index (χ1v) is 5.98. The summed E-state index contributed by atoms with van der Waals surface area (Å²) < 4.78 is 6.79. The van der Waals surface area contributed by atoms with Crippen molar-refractivity contribution in [1.29, 1.82) is 0 Å². The van der Waals surface area contributed by atoms with E-state index < -0.39 is 0 Å². The normalized spacial score (nSPS) is 11.3. The van der Waals surface area contributed by atoms with Gasteiger partial charge < -0.3 is 4.74 Å². The average Bonchev–Trinajstić information content (AvgIpc) is 2.20. The number of benzene rings is 1. The Hall–Kier alpha value is -0.760. The molecule has 0 aromatic heterocycles. The second-order valence-corrected chi connectivity index (χ2v) is 4.63. The third kappa shape index (κ3) is 3.71. The van der Waals surface area contributed by atoms with E-state index in [4.69, 9.17) is 4.74 Å². The van der Waals surface area contributed by atoms with E-state index in [-0.39, 0.29) is 0 Å². The van der Waals surface area contributed by atoms with Crippen LogP contribution in [0, 0.1) is 0 Å². The summed E-state index contributed by atoms with van der Waals surface area (Å²) in [7, 11) is 0. The van der Waals surface area contributed by atoms with Crippen LogP contribution in [-0.2, 0) is 0 Å². The molecule has 1 nitrogen and oxygen atoms in total. The molecule has 0 radical (unpaired) electrons. The van der Waals surface area contributed by atoms with Gasteiger partial charge in [0.2, 0.25) is 0 Å². The highest BCUT2D eigenvalue weighted by atomic mass is 79.9. The predicted octanol–water partition coefficient (Wildman–Crippen LogP) is 4.53. The van der Waals surface area contributed by atoms with E-state index in [1.165, 1.54) is 5.56 Å². The summed E-state index contributed by atoms with van der Waals surface area (Å²) in [4.78, 5) is 0. The Labute approximate surface area is 100 Å². The quantitative estimate of drug-likeness (QED) is 0.730. The Bertz CT molecular complexity index is 342. The van der Waals surface area contributed by atoms with Crippen molar-refractivity contribution in [3.63, 3.8) is 0 Å². The van der Waals surface area contributed by atoms with Crippen LogP contribution in [-0.4, -0.2) is 6.61 Å². The van der Waals surface area contributed by atoms with Gasteiger partial charge in [0.15, 0.2) is 0 Å². The lowest BCUT2D eigenvalue weighted by molar-refractivity contribution is 0.357. The molecule has 1 aromatic rings. The van der Waals surface area contributed by atoms with E-state index in [9.17, 15) is 0 Å². The maximum absolute atomic E-state index is 5.69. The Kier molecular flexibility index (Phi) is 4.89. The number of hydrogen-bond donors (Lipinski definition) is 0. The minimum absolute atomic E-state index is 0.475. The second-order valence-electron chi connectivity index (χ2n) is 3.72. The van der Waals surface area contributed by atoms with Crippen molar-refractivity contribution in [3.05, 3.63) is 40.4 Å². The van der Waals surface area contributed by atoms with E-state index in [2.05, 4.69) is 35.8 Å². The second kappa shape index (κ2) is 5.96. The molecule has 0 aliphatic carbocycles. The predicted molar refractivity (Wildman–Crippen MR) is 68.5 cm³/mol. The summed E-state index contributed by atoms with van der Waals surface area (Å²) in [5, 5.41) is 0. The molecule has 0 atom stereocenters. The molecule has 0 amide bonds. The van der Waals surface area contributed by atoms with Crippen molar-refractivity contribution in [2.45, 2.75) is 26.7 Å². The topological polar surface area (TPSA) is 9.23 Å². The SMILES string of the molecule is C/C=C/COc1ccc(Br)cc1C(C)C. The molecule has 0 saturated heterocycles. The lowest BCUT2D eigenvalue weighted by Gasteiger charge is -2.13. The highest BCUT2D eigenvalue weighted by molar-refractivity contribution is 9.10. The monoisotopic (exact) mass is 268 g/mol. The third-order valence-electron chi connectivity index (χ3n) is 2.16. The first-order chi connectivity index (χ1) is 7.15. The first-order valence-electron chi connectivity index (χ1n) is 5.18. The van der Waals surface area contributed by atoms with Crippen molar-refractivity contribution in [2.24, 2.45) is 0 Å². The molecule has 0 unspecified atom stereocenters. The molecule has 0 fully saturated rings. The molecule has 0 heterocycles. The van der Waals surface area contributed by atoms with Crippen LogP contribution in [0.3, 0.4) is 0 Å². The fourth-order valence-electron chi connectivity index (χ4n) is 1.34. The van der Waals surface area contributed by atoms with Gasteiger partial charge in [-0.2, -0.15) is 0 Å². The maximum Gasteiger partial charge on any atom is 0.123 e. The molecule has 15 heavy (non-hydrogen) atoms. The molecule has 0 bridgehead atoms. The first kappa shape index (κ1) is 12.3. The summed E-state index contributed by atoms with van der Waals surface area (Å²) in [5.41, 5.74) is 1.24. The van der Waals surface area contributed by atoms with Crippen LogP contribution in [0.5, 0.6) is 5.75 Å². The van der Waals surface area contributed by atoms with Gasteiger partial charge in [0, 0.05) is 4.47 Å². The standard InChI is InChI=1S/C13H17BrO/c1-4-5-8-15-13-7-6-11(14)9-12(13)10(2)3/h4-7,9-10H,8H2,1-3H3/b5-4+. The van der Waals surface area contributed by atoms with Crippen LogP contribution >= 0.6 is 15.9 Å². The third-order valence-corrected chi connectivity index (χ3v) is 2.66. The van der Waals surface area contributed by atoms with E-state index in [1.54, 1.807) is 0 Å². The average molecular weight is 269 g/mol. The Morgan fingerprint density at radius 2 is 2.13 bits per heavy atom. The van der Waals surface area contributed by atoms with Crippen LogP contribution in [0.2, 0.25) is 0 Å². The minimum Gasteiger partial charge on any atom is -0.489 e. The summed E-state index contributed by atoms with van der Waals surface area (Å²) >= 11 is 3.48. The van der Waals surface area contributed by atoms with Gasteiger partial charge in [-0.1, -0.05) is 41.9 Å². The summed E-state index contributed by atoms with van der Waals surface area (Å²) in [6.07, 6.45) is 4.00. The Morgan fingerprint density at radius 1 is 1.40 bits per heavy atom. The fourth-order valence-corrected chi connectivity index (χ4v) is 1.71. The molecule has 1 aromatic carbocycles. The molecule has 0 aliphatic heterocycles. The summed E-state index contributed by atoms with van der Waals surface area (Å²) in [5.74, 6) is 1.45. The van der Waals surface area contributed by atoms with Crippen molar-refractivity contribution in [3.8, 4) is 5.75 Å². The molecule has 0 aliphatic rings. The van der Waals surface area contributed by atoms with E-state index in [1.807, 2.05) is 31.2 Å². The zero-order chi connectivity index (χ0) is 11.3. The molecular weight excluding hydrogens is 252 g/mol. The number of allylic oxidation sites excluding steroid dienone is 1. The van der Waals surface area contributed by atoms with Gasteiger partial charge in [0.1, 0.15) is 12.4 Å². The van der Waals surface area contributed by atoms with Gasteiger partial charge in [-0.15, -0.1) is 0 Å². The van der Waals surface area contributed by atoms with Gasteiger partial charge in [0.25, 0.3) is 0 Å². The molecule has 0 saturated carbocycles. The fraction of sp³-hybridized carbons (Fsp3) is 0.385. The van der Waals surface area contributed by atoms with Gasteiger partial charge in [0.05, 0.1) is 0 Å². The van der Waals surface area contributed by atoms with Crippen LogP contribution in [0.15, 0.2) is 34.8 Å². The molecular formula is C13H17BrO. The zero-order valence-electron chi connectivity index (χ0n) is 9.46. The van der Waals surface area contributed by atoms with Crippen LogP contribution in [0.1, 0.15) is 32.3 Å². The van der Waals surface area contributed by atoms with Gasteiger partial charge in [-0.05, 0) is 36.6 Å². The lowest BCUT2D eigenvalue weighted by atomic mass is 10.0. The van der Waals surface area contributed by atoms with Crippen molar-refractivity contribution in [2.75, 3.05) is 6.61 Å². The summed E-state index contributed by atoms with van der Waals surface area (Å²) in [6, 6.07) is 6.15. The number of hydrogen-bond acceptors (Lipinski definition) is 1.